The number of fused-ring (bicyclic) bond motifs is 2. The average Bonchev–Trinajstić information content (AvgIpc) is 3.43. The van der Waals surface area contributed by atoms with Crippen molar-refractivity contribution in [3.05, 3.63) is 60.2 Å². The molecule has 2 bridgehead atoms. The van der Waals surface area contributed by atoms with Crippen LogP contribution in [0.3, 0.4) is 0 Å². The normalized spacial score (nSPS) is 21.2. The number of carbonyl (C=O) groups excluding carboxylic acids is 1. The summed E-state index contributed by atoms with van der Waals surface area (Å²) in [5, 5.41) is 3.96. The van der Waals surface area contributed by atoms with Crippen molar-refractivity contribution in [3.63, 3.8) is 0 Å². The minimum absolute atomic E-state index is 0.102. The van der Waals surface area contributed by atoms with Crippen molar-refractivity contribution in [2.45, 2.75) is 32.0 Å². The predicted octanol–water partition coefficient (Wildman–Crippen LogP) is 3.04. The van der Waals surface area contributed by atoms with Crippen molar-refractivity contribution in [2.24, 2.45) is 0 Å². The number of hydrogen-bond donors (Lipinski definition) is 0. The van der Waals surface area contributed by atoms with Crippen LogP contribution in [0.25, 0.3) is 11.1 Å². The number of likely N-dealkylation sites (tertiary alicyclic amines) is 1. The van der Waals surface area contributed by atoms with Gasteiger partial charge in [0.1, 0.15) is 5.75 Å². The lowest BCUT2D eigenvalue weighted by molar-refractivity contribution is -0.122. The van der Waals surface area contributed by atoms with E-state index in [1.165, 1.54) is 0 Å². The molecule has 29 heavy (non-hydrogen) atoms. The number of hydrogen-bond acceptors (Lipinski definition) is 6. The van der Waals surface area contributed by atoms with Crippen LogP contribution in [0.4, 0.5) is 5.69 Å². The lowest BCUT2D eigenvalue weighted by atomic mass is 10.0. The Morgan fingerprint density at radius 1 is 1.17 bits per heavy atom. The number of ether oxygens (including phenoxy) is 1. The largest absolute Gasteiger partial charge is 0.495 e. The first kappa shape index (κ1) is 17.9. The third kappa shape index (κ3) is 3.07. The summed E-state index contributed by atoms with van der Waals surface area (Å²) in [4.78, 5) is 21.6. The number of rotatable bonds is 5. The highest BCUT2D eigenvalue weighted by Gasteiger charge is 2.50. The van der Waals surface area contributed by atoms with Crippen LogP contribution in [0.2, 0.25) is 0 Å². The minimum Gasteiger partial charge on any atom is -0.495 e. The van der Waals surface area contributed by atoms with E-state index in [0.717, 1.165) is 29.8 Å². The van der Waals surface area contributed by atoms with Gasteiger partial charge in [-0.3, -0.25) is 9.69 Å². The summed E-state index contributed by atoms with van der Waals surface area (Å²) >= 11 is 0. The van der Waals surface area contributed by atoms with Crippen LogP contribution < -0.4 is 9.64 Å². The molecule has 7 nitrogen and oxygen atoms in total. The van der Waals surface area contributed by atoms with Gasteiger partial charge in [0.05, 0.1) is 31.4 Å². The van der Waals surface area contributed by atoms with Crippen LogP contribution in [-0.4, -0.2) is 46.7 Å². The number of benzene rings is 2. The van der Waals surface area contributed by atoms with Crippen LogP contribution in [-0.2, 0) is 11.3 Å². The lowest BCUT2D eigenvalue weighted by Crippen LogP contribution is -2.50. The van der Waals surface area contributed by atoms with Gasteiger partial charge in [-0.25, -0.2) is 0 Å². The smallest absolute Gasteiger partial charge is 0.244 e. The molecule has 0 N–H and O–H groups in total. The van der Waals surface area contributed by atoms with Gasteiger partial charge in [-0.1, -0.05) is 41.6 Å². The summed E-state index contributed by atoms with van der Waals surface area (Å²) < 4.78 is 10.6. The molecule has 2 atom stereocenters. The Labute approximate surface area is 168 Å². The molecule has 5 rings (SSSR count). The average molecular weight is 390 g/mol. The number of nitrogens with zero attached hydrogens (tertiary/aromatic N) is 4. The van der Waals surface area contributed by atoms with Gasteiger partial charge in [0.2, 0.25) is 11.8 Å². The Kier molecular flexibility index (Phi) is 4.32. The van der Waals surface area contributed by atoms with Gasteiger partial charge in [-0.05, 0) is 29.7 Å². The van der Waals surface area contributed by atoms with E-state index in [1.54, 1.807) is 14.0 Å². The monoisotopic (exact) mass is 390 g/mol. The standard InChI is InChI=1S/C22H22N4O3/c1-14-23-21(24-29-14)13-25-12-17-11-19(25)22(27)26(17)18-10-16(8-9-20(18)28-2)15-6-4-3-5-7-15/h3-10,17,19H,11-13H2,1-2H3/t17-,19-/m0/s1. The van der Waals surface area contributed by atoms with Crippen molar-refractivity contribution in [2.75, 3.05) is 18.6 Å². The molecule has 0 unspecified atom stereocenters. The van der Waals surface area contributed by atoms with E-state index in [2.05, 4.69) is 33.2 Å². The number of carbonyl (C=O) groups is 1. The van der Waals surface area contributed by atoms with Crippen LogP contribution >= 0.6 is 0 Å². The predicted molar refractivity (Wildman–Crippen MR) is 108 cm³/mol. The molecule has 2 saturated heterocycles. The van der Waals surface area contributed by atoms with Crippen LogP contribution in [0, 0.1) is 6.92 Å². The molecule has 2 aromatic carbocycles. The summed E-state index contributed by atoms with van der Waals surface area (Å²) in [7, 11) is 1.64. The summed E-state index contributed by atoms with van der Waals surface area (Å²) in [6.07, 6.45) is 0.800. The van der Waals surface area contributed by atoms with Crippen molar-refractivity contribution in [1.29, 1.82) is 0 Å². The second-order valence-electron chi connectivity index (χ2n) is 7.53. The molecule has 2 fully saturated rings. The van der Waals surface area contributed by atoms with E-state index in [-0.39, 0.29) is 18.0 Å². The first-order valence-electron chi connectivity index (χ1n) is 9.74. The molecule has 2 aliphatic heterocycles. The number of aryl methyl sites for hydroxylation is 1. The van der Waals surface area contributed by atoms with E-state index in [1.807, 2.05) is 35.2 Å². The maximum atomic E-state index is 13.3. The molecule has 0 spiro atoms. The van der Waals surface area contributed by atoms with E-state index >= 15 is 0 Å². The zero-order valence-electron chi connectivity index (χ0n) is 16.4. The van der Waals surface area contributed by atoms with Gasteiger partial charge in [-0.2, -0.15) is 4.98 Å². The Morgan fingerprint density at radius 2 is 2.00 bits per heavy atom. The van der Waals surface area contributed by atoms with Gasteiger partial charge >= 0.3 is 0 Å². The highest BCUT2D eigenvalue weighted by atomic mass is 16.5. The Bertz CT molecular complexity index is 1050. The lowest BCUT2D eigenvalue weighted by Gasteiger charge is -2.34. The van der Waals surface area contributed by atoms with Crippen molar-refractivity contribution >= 4 is 11.6 Å². The Morgan fingerprint density at radius 3 is 2.69 bits per heavy atom. The van der Waals surface area contributed by atoms with E-state index in [0.29, 0.717) is 24.0 Å². The zero-order chi connectivity index (χ0) is 20.0. The maximum absolute atomic E-state index is 13.3. The number of aromatic nitrogens is 2. The molecule has 1 aromatic heterocycles. The molecule has 0 radical (unpaired) electrons. The summed E-state index contributed by atoms with van der Waals surface area (Å²) in [5.74, 6) is 1.98. The first-order chi connectivity index (χ1) is 14.1. The Balaban J connectivity index is 1.43. The fraction of sp³-hybridized carbons (Fsp3) is 0.318. The molecule has 3 aromatic rings. The van der Waals surface area contributed by atoms with Crippen LogP contribution in [0.1, 0.15) is 18.1 Å². The highest BCUT2D eigenvalue weighted by Crippen LogP contribution is 2.42. The molecule has 148 valence electrons. The Hall–Kier alpha value is -3.19. The molecule has 7 heteroatoms. The van der Waals surface area contributed by atoms with Crippen LogP contribution in [0.15, 0.2) is 53.1 Å². The first-order valence-corrected chi connectivity index (χ1v) is 9.74. The van der Waals surface area contributed by atoms with Gasteiger partial charge in [0.25, 0.3) is 0 Å². The molecule has 1 amide bonds. The molecular weight excluding hydrogens is 368 g/mol. The van der Waals surface area contributed by atoms with Gasteiger partial charge in [0.15, 0.2) is 5.82 Å². The summed E-state index contributed by atoms with van der Waals surface area (Å²) in [6, 6.07) is 16.1. The second kappa shape index (κ2) is 7.00. The number of piperazine rings is 1. The number of amides is 1. The fourth-order valence-electron chi connectivity index (χ4n) is 4.43. The highest BCUT2D eigenvalue weighted by molar-refractivity contribution is 6.03. The quantitative estimate of drug-likeness (QED) is 0.667. The van der Waals surface area contributed by atoms with Crippen LogP contribution in [0.5, 0.6) is 5.75 Å². The van der Waals surface area contributed by atoms with Gasteiger partial charge < -0.3 is 14.2 Å². The van der Waals surface area contributed by atoms with E-state index in [4.69, 9.17) is 9.26 Å². The number of methoxy groups -OCH3 is 1. The minimum atomic E-state index is -0.163. The van der Waals surface area contributed by atoms with E-state index in [9.17, 15) is 4.79 Å². The molecule has 0 saturated carbocycles. The van der Waals surface area contributed by atoms with Gasteiger partial charge in [-0.15, -0.1) is 0 Å². The topological polar surface area (TPSA) is 71.7 Å². The molecule has 3 heterocycles. The fourth-order valence-corrected chi connectivity index (χ4v) is 4.43. The summed E-state index contributed by atoms with van der Waals surface area (Å²) in [6.45, 7) is 3.08. The third-order valence-corrected chi connectivity index (χ3v) is 5.73. The molecular formula is C22H22N4O3. The van der Waals surface area contributed by atoms with E-state index < -0.39 is 0 Å². The third-order valence-electron chi connectivity index (χ3n) is 5.73. The second-order valence-corrected chi connectivity index (χ2v) is 7.53. The van der Waals surface area contributed by atoms with Crippen molar-refractivity contribution in [1.82, 2.24) is 15.0 Å². The number of anilines is 1. The maximum Gasteiger partial charge on any atom is 0.244 e. The SMILES string of the molecule is COc1ccc(-c2ccccc2)cc1N1C(=O)[C@@H]2C[C@H]1CN2Cc1noc(C)n1. The molecule has 0 aliphatic carbocycles. The molecule has 2 aliphatic rings. The van der Waals surface area contributed by atoms with Crippen molar-refractivity contribution in [3.8, 4) is 16.9 Å². The summed E-state index contributed by atoms with van der Waals surface area (Å²) in [5.41, 5.74) is 3.01. The van der Waals surface area contributed by atoms with Gasteiger partial charge in [0, 0.05) is 13.5 Å². The zero-order valence-corrected chi connectivity index (χ0v) is 16.4. The van der Waals surface area contributed by atoms with Crippen molar-refractivity contribution < 1.29 is 14.1 Å².